The van der Waals surface area contributed by atoms with Crippen LogP contribution in [0.1, 0.15) is 25.3 Å². The van der Waals surface area contributed by atoms with Crippen molar-refractivity contribution in [3.05, 3.63) is 27.7 Å². The molecule has 3 N–H and O–H groups in total. The van der Waals surface area contributed by atoms with Gasteiger partial charge in [-0.15, -0.1) is 0 Å². The highest BCUT2D eigenvalue weighted by atomic mass is 35.5. The fourth-order valence-electron chi connectivity index (χ4n) is 1.67. The fourth-order valence-corrected chi connectivity index (χ4v) is 2.13. The van der Waals surface area contributed by atoms with Crippen molar-refractivity contribution in [1.29, 1.82) is 0 Å². The van der Waals surface area contributed by atoms with Crippen molar-refractivity contribution in [3.63, 3.8) is 0 Å². The Bertz CT molecular complexity index is 535. The highest BCUT2D eigenvalue weighted by molar-refractivity contribution is 6.40. The maximum atomic E-state index is 11.8. The van der Waals surface area contributed by atoms with Crippen LogP contribution in [0.5, 0.6) is 0 Å². The molecule has 0 radical (unpaired) electrons. The van der Waals surface area contributed by atoms with Gasteiger partial charge >= 0.3 is 12.0 Å². The molecule has 1 aromatic rings. The van der Waals surface area contributed by atoms with E-state index in [1.54, 1.807) is 12.1 Å². The Morgan fingerprint density at radius 1 is 1.33 bits per heavy atom. The maximum Gasteiger partial charge on any atom is 0.319 e. The molecule has 0 aliphatic carbocycles. The molecule has 7 heteroatoms. The Morgan fingerprint density at radius 3 is 2.62 bits per heavy atom. The third-order valence-corrected chi connectivity index (χ3v) is 3.79. The van der Waals surface area contributed by atoms with Crippen LogP contribution in [0.4, 0.5) is 10.5 Å². The number of carboxylic acid groups (broad SMARTS) is 1. The average molecular weight is 333 g/mol. The molecule has 0 fully saturated rings. The molecule has 1 aromatic carbocycles. The number of aliphatic carboxylic acids is 1. The molecule has 116 valence electrons. The van der Waals surface area contributed by atoms with Gasteiger partial charge in [-0.3, -0.25) is 4.79 Å². The van der Waals surface area contributed by atoms with Crippen molar-refractivity contribution >= 4 is 40.9 Å². The predicted molar refractivity (Wildman–Crippen MR) is 84.3 cm³/mol. The van der Waals surface area contributed by atoms with Gasteiger partial charge in [-0.05, 0) is 30.9 Å². The number of carbonyl (C=O) groups excluding carboxylic acids is 1. The first-order valence-corrected chi connectivity index (χ1v) is 7.28. The number of amides is 2. The first-order valence-electron chi connectivity index (χ1n) is 6.52. The van der Waals surface area contributed by atoms with E-state index in [9.17, 15) is 9.59 Å². The Kier molecular flexibility index (Phi) is 6.78. The number of aryl methyl sites for hydroxylation is 1. The number of carboxylic acids is 1. The van der Waals surface area contributed by atoms with Gasteiger partial charge in [0.15, 0.2) is 0 Å². The first kappa shape index (κ1) is 17.6. The number of hydrogen-bond donors (Lipinski definition) is 3. The zero-order chi connectivity index (χ0) is 16.0. The number of rotatable bonds is 6. The van der Waals surface area contributed by atoms with E-state index < -0.39 is 12.0 Å². The van der Waals surface area contributed by atoms with Gasteiger partial charge < -0.3 is 15.7 Å². The highest BCUT2D eigenvalue weighted by Gasteiger charge is 2.12. The normalized spacial score (nSPS) is 11.8. The average Bonchev–Trinajstić information content (AvgIpc) is 2.43. The molecule has 0 aliphatic heterocycles. The monoisotopic (exact) mass is 332 g/mol. The van der Waals surface area contributed by atoms with E-state index in [1.165, 1.54) is 0 Å². The third-order valence-electron chi connectivity index (χ3n) is 2.98. The number of carbonyl (C=O) groups is 2. The lowest BCUT2D eigenvalue weighted by molar-refractivity contribution is -0.137. The molecule has 0 saturated carbocycles. The summed E-state index contributed by atoms with van der Waals surface area (Å²) in [6.07, 6.45) is 0.585. The van der Waals surface area contributed by atoms with Gasteiger partial charge in [-0.1, -0.05) is 36.2 Å². The Balaban J connectivity index is 2.51. The SMILES string of the molecule is Cc1ccc(Cl)c(NC(=O)NCC(C)CCC(=O)O)c1Cl. The number of anilines is 1. The van der Waals surface area contributed by atoms with Crippen molar-refractivity contribution < 1.29 is 14.7 Å². The van der Waals surface area contributed by atoms with Crippen molar-refractivity contribution in [2.75, 3.05) is 11.9 Å². The van der Waals surface area contributed by atoms with E-state index in [-0.39, 0.29) is 12.3 Å². The van der Waals surface area contributed by atoms with E-state index >= 15 is 0 Å². The zero-order valence-electron chi connectivity index (χ0n) is 11.9. The quantitative estimate of drug-likeness (QED) is 0.738. The van der Waals surface area contributed by atoms with E-state index in [0.717, 1.165) is 5.56 Å². The van der Waals surface area contributed by atoms with Crippen molar-refractivity contribution in [3.8, 4) is 0 Å². The Labute approximate surface area is 133 Å². The molecule has 5 nitrogen and oxygen atoms in total. The van der Waals surface area contributed by atoms with Crippen LogP contribution < -0.4 is 10.6 Å². The molecule has 2 amide bonds. The third kappa shape index (κ3) is 5.81. The number of halogens is 2. The van der Waals surface area contributed by atoms with Crippen molar-refractivity contribution in [1.82, 2.24) is 5.32 Å². The maximum absolute atomic E-state index is 11.8. The smallest absolute Gasteiger partial charge is 0.319 e. The van der Waals surface area contributed by atoms with Crippen LogP contribution in [-0.2, 0) is 4.79 Å². The molecular formula is C14H18Cl2N2O3. The first-order chi connectivity index (χ1) is 9.81. The van der Waals surface area contributed by atoms with Gasteiger partial charge in [-0.25, -0.2) is 4.79 Å². The number of nitrogens with one attached hydrogen (secondary N) is 2. The number of urea groups is 1. The van der Waals surface area contributed by atoms with Crippen molar-refractivity contribution in [2.24, 2.45) is 5.92 Å². The van der Waals surface area contributed by atoms with Gasteiger partial charge in [0.2, 0.25) is 0 Å². The molecule has 0 spiro atoms. The summed E-state index contributed by atoms with van der Waals surface area (Å²) in [6.45, 7) is 4.06. The molecule has 0 saturated heterocycles. The predicted octanol–water partition coefficient (Wildman–Crippen LogP) is 3.92. The molecule has 1 rings (SSSR count). The summed E-state index contributed by atoms with van der Waals surface area (Å²) in [6, 6.07) is 3.00. The highest BCUT2D eigenvalue weighted by Crippen LogP contribution is 2.32. The number of hydrogen-bond acceptors (Lipinski definition) is 2. The molecule has 0 aliphatic rings. The molecule has 0 bridgehead atoms. The van der Waals surface area contributed by atoms with Crippen LogP contribution in [0, 0.1) is 12.8 Å². The van der Waals surface area contributed by atoms with Gasteiger partial charge in [0.1, 0.15) is 0 Å². The van der Waals surface area contributed by atoms with Crippen LogP contribution in [0.2, 0.25) is 10.0 Å². The Morgan fingerprint density at radius 2 is 2.00 bits per heavy atom. The molecule has 1 atom stereocenters. The lowest BCUT2D eigenvalue weighted by Crippen LogP contribution is -2.32. The summed E-state index contributed by atoms with van der Waals surface area (Å²) in [5.41, 5.74) is 1.18. The van der Waals surface area contributed by atoms with Crippen LogP contribution in [0.3, 0.4) is 0 Å². The second-order valence-corrected chi connectivity index (χ2v) is 5.71. The van der Waals surface area contributed by atoms with Crippen LogP contribution in [0.25, 0.3) is 0 Å². The molecular weight excluding hydrogens is 315 g/mol. The van der Waals surface area contributed by atoms with Gasteiger partial charge in [0, 0.05) is 13.0 Å². The lowest BCUT2D eigenvalue weighted by atomic mass is 10.1. The second kappa shape index (κ2) is 8.10. The standard InChI is InChI=1S/C14H18Cl2N2O3/c1-8(3-6-11(19)20)7-17-14(21)18-13-10(15)5-4-9(2)12(13)16/h4-5,8H,3,6-7H2,1-2H3,(H,19,20)(H2,17,18,21). The molecule has 21 heavy (non-hydrogen) atoms. The fraction of sp³-hybridized carbons (Fsp3) is 0.429. The van der Waals surface area contributed by atoms with E-state index in [2.05, 4.69) is 10.6 Å². The summed E-state index contributed by atoms with van der Waals surface area (Å²) < 4.78 is 0. The van der Waals surface area contributed by atoms with E-state index in [4.69, 9.17) is 28.3 Å². The molecule has 1 unspecified atom stereocenters. The van der Waals surface area contributed by atoms with Gasteiger partial charge in [-0.2, -0.15) is 0 Å². The van der Waals surface area contributed by atoms with Crippen molar-refractivity contribution in [2.45, 2.75) is 26.7 Å². The van der Waals surface area contributed by atoms with E-state index in [0.29, 0.717) is 28.7 Å². The summed E-state index contributed by atoms with van der Waals surface area (Å²) in [5, 5.41) is 14.6. The largest absolute Gasteiger partial charge is 0.481 e. The van der Waals surface area contributed by atoms with Crippen LogP contribution in [0.15, 0.2) is 12.1 Å². The molecule has 0 heterocycles. The summed E-state index contributed by atoms with van der Waals surface area (Å²) in [5.74, 6) is -0.778. The lowest BCUT2D eigenvalue weighted by Gasteiger charge is -2.14. The van der Waals surface area contributed by atoms with E-state index in [1.807, 2.05) is 13.8 Å². The second-order valence-electron chi connectivity index (χ2n) is 4.93. The topological polar surface area (TPSA) is 78.4 Å². The summed E-state index contributed by atoms with van der Waals surface area (Å²) in [4.78, 5) is 22.3. The van der Waals surface area contributed by atoms with Crippen LogP contribution in [-0.4, -0.2) is 23.7 Å². The molecule has 0 aromatic heterocycles. The summed E-state index contributed by atoms with van der Waals surface area (Å²) in [7, 11) is 0. The zero-order valence-corrected chi connectivity index (χ0v) is 13.4. The minimum atomic E-state index is -0.843. The van der Waals surface area contributed by atoms with Gasteiger partial charge in [0.25, 0.3) is 0 Å². The minimum absolute atomic E-state index is 0.0651. The van der Waals surface area contributed by atoms with Gasteiger partial charge in [0.05, 0.1) is 15.7 Å². The minimum Gasteiger partial charge on any atom is -0.481 e. The summed E-state index contributed by atoms with van der Waals surface area (Å²) >= 11 is 12.1. The van der Waals surface area contributed by atoms with Crippen LogP contribution >= 0.6 is 23.2 Å². The number of benzene rings is 1. The Hall–Kier alpha value is -1.46.